The fourth-order valence-corrected chi connectivity index (χ4v) is 4.77. The van der Waals surface area contributed by atoms with Gasteiger partial charge in [0.05, 0.1) is 25.0 Å². The Kier molecular flexibility index (Phi) is 5.66. The van der Waals surface area contributed by atoms with Crippen LogP contribution in [0.15, 0.2) is 48.8 Å². The molecule has 0 atom stereocenters. The molecule has 3 aromatic rings. The monoisotopic (exact) mass is 416 g/mol. The largest absolute Gasteiger partial charge is 0.495 e. The third-order valence-corrected chi connectivity index (χ3v) is 6.86. The van der Waals surface area contributed by atoms with Gasteiger partial charge in [0.1, 0.15) is 5.75 Å². The molecule has 31 heavy (non-hydrogen) atoms. The van der Waals surface area contributed by atoms with Gasteiger partial charge in [-0.05, 0) is 81.2 Å². The summed E-state index contributed by atoms with van der Waals surface area (Å²) in [4.78, 5) is 4.79. The minimum absolute atomic E-state index is 0.576. The van der Waals surface area contributed by atoms with Gasteiger partial charge in [0, 0.05) is 35.6 Å². The summed E-state index contributed by atoms with van der Waals surface area (Å²) in [5.41, 5.74) is 5.86. The Morgan fingerprint density at radius 3 is 2.61 bits per heavy atom. The second kappa shape index (κ2) is 8.74. The molecule has 2 aliphatic carbocycles. The Morgan fingerprint density at radius 1 is 1.03 bits per heavy atom. The molecule has 2 fully saturated rings. The van der Waals surface area contributed by atoms with Crippen molar-refractivity contribution in [2.45, 2.75) is 57.4 Å². The van der Waals surface area contributed by atoms with Crippen LogP contribution in [0.25, 0.3) is 11.1 Å². The first kappa shape index (κ1) is 20.1. The van der Waals surface area contributed by atoms with Gasteiger partial charge in [-0.2, -0.15) is 5.10 Å². The molecule has 2 heterocycles. The average molecular weight is 417 g/mol. The van der Waals surface area contributed by atoms with E-state index in [1.54, 1.807) is 7.11 Å². The average Bonchev–Trinajstić information content (AvgIpc) is 3.54. The van der Waals surface area contributed by atoms with Crippen molar-refractivity contribution in [1.82, 2.24) is 14.8 Å². The zero-order chi connectivity index (χ0) is 21.2. The molecule has 0 bridgehead atoms. The molecular formula is C26H32N4O. The molecule has 0 unspecified atom stereocenters. The molecule has 5 heteroatoms. The number of aromatic nitrogens is 3. The summed E-state index contributed by atoms with van der Waals surface area (Å²) in [7, 11) is 1.71. The Balaban J connectivity index is 1.15. The van der Waals surface area contributed by atoms with Crippen molar-refractivity contribution in [2.75, 3.05) is 19.0 Å². The second-order valence-electron chi connectivity index (χ2n) is 9.14. The minimum Gasteiger partial charge on any atom is -0.495 e. The van der Waals surface area contributed by atoms with E-state index in [9.17, 15) is 0 Å². The first-order valence-electron chi connectivity index (χ1n) is 11.6. The summed E-state index contributed by atoms with van der Waals surface area (Å²) in [5.74, 6) is 2.17. The molecule has 1 N–H and O–H groups in total. The van der Waals surface area contributed by atoms with E-state index in [1.807, 2.05) is 13.1 Å². The second-order valence-corrected chi connectivity index (χ2v) is 9.14. The number of nitrogens with one attached hydrogen (secondary N) is 1. The van der Waals surface area contributed by atoms with Crippen LogP contribution in [-0.2, 0) is 0 Å². The zero-order valence-electron chi connectivity index (χ0n) is 18.6. The minimum atomic E-state index is 0.576. The normalized spacial score (nSPS) is 21.1. The van der Waals surface area contributed by atoms with Crippen LogP contribution in [0.2, 0.25) is 0 Å². The maximum atomic E-state index is 5.35. The summed E-state index contributed by atoms with van der Waals surface area (Å²) < 4.78 is 7.47. The van der Waals surface area contributed by atoms with Crippen molar-refractivity contribution < 1.29 is 4.74 Å². The Labute approximate surface area is 184 Å². The fraction of sp³-hybridized carbons (Fsp3) is 0.462. The lowest BCUT2D eigenvalue weighted by Gasteiger charge is -2.29. The SMILES string of the molecule is COc1ccc(C2CCC(CNc3cccc(-c4cnn(C5CC5)c4)c3)CC2)nc1C. The van der Waals surface area contributed by atoms with E-state index in [4.69, 9.17) is 9.72 Å². The van der Waals surface area contributed by atoms with Crippen molar-refractivity contribution in [3.05, 3.63) is 60.2 Å². The number of pyridine rings is 1. The smallest absolute Gasteiger partial charge is 0.140 e. The third-order valence-electron chi connectivity index (χ3n) is 6.86. The zero-order valence-corrected chi connectivity index (χ0v) is 18.6. The van der Waals surface area contributed by atoms with Crippen molar-refractivity contribution in [1.29, 1.82) is 0 Å². The number of hydrogen-bond donors (Lipinski definition) is 1. The molecule has 2 saturated carbocycles. The number of methoxy groups -OCH3 is 1. The topological polar surface area (TPSA) is 52.0 Å². The van der Waals surface area contributed by atoms with Gasteiger partial charge in [0.2, 0.25) is 0 Å². The summed E-state index contributed by atoms with van der Waals surface area (Å²) in [5, 5.41) is 8.22. The lowest BCUT2D eigenvalue weighted by Crippen LogP contribution is -2.21. The van der Waals surface area contributed by atoms with Crippen LogP contribution >= 0.6 is 0 Å². The maximum absolute atomic E-state index is 5.35. The quantitative estimate of drug-likeness (QED) is 0.514. The molecule has 2 aromatic heterocycles. The van der Waals surface area contributed by atoms with Crippen LogP contribution in [-0.4, -0.2) is 28.4 Å². The predicted octanol–water partition coefficient (Wildman–Crippen LogP) is 5.98. The van der Waals surface area contributed by atoms with Gasteiger partial charge in [-0.3, -0.25) is 9.67 Å². The predicted molar refractivity (Wildman–Crippen MR) is 125 cm³/mol. The lowest BCUT2D eigenvalue weighted by molar-refractivity contribution is 0.334. The van der Waals surface area contributed by atoms with E-state index < -0.39 is 0 Å². The standard InChI is InChI=1S/C26H32N4O/c1-18-26(31-2)13-12-25(29-18)20-8-6-19(7-9-20)15-27-23-5-3-4-21(14-23)22-16-28-30(17-22)24-10-11-24/h3-5,12-14,16-17,19-20,24,27H,6-11,15H2,1-2H3. The number of aryl methyl sites for hydroxylation is 1. The molecule has 0 spiro atoms. The van der Waals surface area contributed by atoms with Crippen molar-refractivity contribution >= 4 is 5.69 Å². The van der Waals surface area contributed by atoms with Crippen LogP contribution in [0.1, 0.15) is 61.9 Å². The summed E-state index contributed by atoms with van der Waals surface area (Å²) in [6.07, 6.45) is 11.6. The van der Waals surface area contributed by atoms with Crippen LogP contribution in [0.4, 0.5) is 5.69 Å². The molecule has 1 aromatic carbocycles. The molecule has 0 aliphatic heterocycles. The Hall–Kier alpha value is -2.82. The molecule has 2 aliphatic rings. The molecular weight excluding hydrogens is 384 g/mol. The number of ether oxygens (including phenoxy) is 1. The van der Waals surface area contributed by atoms with Crippen LogP contribution < -0.4 is 10.1 Å². The van der Waals surface area contributed by atoms with Crippen molar-refractivity contribution in [3.63, 3.8) is 0 Å². The number of benzene rings is 1. The van der Waals surface area contributed by atoms with E-state index in [1.165, 1.54) is 61.0 Å². The van der Waals surface area contributed by atoms with E-state index in [-0.39, 0.29) is 0 Å². The van der Waals surface area contributed by atoms with Crippen molar-refractivity contribution in [3.8, 4) is 16.9 Å². The van der Waals surface area contributed by atoms with Gasteiger partial charge in [0.15, 0.2) is 0 Å². The van der Waals surface area contributed by atoms with Crippen LogP contribution in [0.5, 0.6) is 5.75 Å². The highest BCUT2D eigenvalue weighted by Crippen LogP contribution is 2.37. The first-order valence-corrected chi connectivity index (χ1v) is 11.6. The fourth-order valence-electron chi connectivity index (χ4n) is 4.77. The number of hydrogen-bond acceptors (Lipinski definition) is 4. The van der Waals surface area contributed by atoms with Crippen LogP contribution in [0, 0.1) is 12.8 Å². The molecule has 5 rings (SSSR count). The number of rotatable bonds is 7. The first-order chi connectivity index (χ1) is 15.2. The van der Waals surface area contributed by atoms with Gasteiger partial charge in [0.25, 0.3) is 0 Å². The summed E-state index contributed by atoms with van der Waals surface area (Å²) in [6.45, 7) is 3.07. The lowest BCUT2D eigenvalue weighted by atomic mass is 9.80. The van der Waals surface area contributed by atoms with E-state index in [0.717, 1.165) is 23.9 Å². The number of anilines is 1. The van der Waals surface area contributed by atoms with Gasteiger partial charge in [-0.15, -0.1) is 0 Å². The Morgan fingerprint density at radius 2 is 1.87 bits per heavy atom. The molecule has 0 saturated heterocycles. The number of nitrogens with zero attached hydrogens (tertiary/aromatic N) is 3. The van der Waals surface area contributed by atoms with Gasteiger partial charge in [-0.25, -0.2) is 0 Å². The third kappa shape index (κ3) is 4.60. The highest BCUT2D eigenvalue weighted by molar-refractivity contribution is 5.67. The molecule has 5 nitrogen and oxygen atoms in total. The maximum Gasteiger partial charge on any atom is 0.140 e. The summed E-state index contributed by atoms with van der Waals surface area (Å²) >= 11 is 0. The van der Waals surface area contributed by atoms with E-state index >= 15 is 0 Å². The molecule has 162 valence electrons. The van der Waals surface area contributed by atoms with Crippen molar-refractivity contribution in [2.24, 2.45) is 5.92 Å². The van der Waals surface area contributed by atoms with Gasteiger partial charge < -0.3 is 10.1 Å². The van der Waals surface area contributed by atoms with Gasteiger partial charge in [-0.1, -0.05) is 12.1 Å². The molecule has 0 amide bonds. The van der Waals surface area contributed by atoms with Gasteiger partial charge >= 0.3 is 0 Å². The van der Waals surface area contributed by atoms with Crippen LogP contribution in [0.3, 0.4) is 0 Å². The highest BCUT2D eigenvalue weighted by atomic mass is 16.5. The summed E-state index contributed by atoms with van der Waals surface area (Å²) in [6, 6.07) is 13.6. The highest BCUT2D eigenvalue weighted by Gasteiger charge is 2.25. The Bertz CT molecular complexity index is 1030. The van der Waals surface area contributed by atoms with E-state index in [2.05, 4.69) is 57.7 Å². The molecule has 0 radical (unpaired) electrons. The van der Waals surface area contributed by atoms with E-state index in [0.29, 0.717) is 12.0 Å².